The number of aryl methyl sites for hydroxylation is 1. The molecule has 0 saturated carbocycles. The summed E-state index contributed by atoms with van der Waals surface area (Å²) in [5, 5.41) is 7.33. The highest BCUT2D eigenvalue weighted by Gasteiger charge is 2.24. The van der Waals surface area contributed by atoms with Gasteiger partial charge in [0.1, 0.15) is 11.6 Å². The molecule has 31 heavy (non-hydrogen) atoms. The zero-order valence-corrected chi connectivity index (χ0v) is 18.3. The fraction of sp³-hybridized carbons (Fsp3) is 0.348. The molecule has 1 atom stereocenters. The molecule has 162 valence electrons. The van der Waals surface area contributed by atoms with Gasteiger partial charge in [0.2, 0.25) is 0 Å². The lowest BCUT2D eigenvalue weighted by molar-refractivity contribution is 0.102. The third kappa shape index (κ3) is 4.29. The Hall–Kier alpha value is -3.26. The van der Waals surface area contributed by atoms with Crippen LogP contribution in [0.5, 0.6) is 0 Å². The molecule has 2 aromatic heterocycles. The van der Waals surface area contributed by atoms with Gasteiger partial charge >= 0.3 is 0 Å². The first-order valence-corrected chi connectivity index (χ1v) is 10.3. The van der Waals surface area contributed by atoms with Crippen LogP contribution in [0.1, 0.15) is 28.2 Å². The van der Waals surface area contributed by atoms with Gasteiger partial charge in [0.25, 0.3) is 5.91 Å². The fourth-order valence-electron chi connectivity index (χ4n) is 4.03. The van der Waals surface area contributed by atoms with Crippen LogP contribution in [0.4, 0.5) is 15.9 Å². The van der Waals surface area contributed by atoms with Gasteiger partial charge in [-0.3, -0.25) is 4.79 Å². The van der Waals surface area contributed by atoms with Crippen molar-refractivity contribution in [2.24, 2.45) is 0 Å². The lowest BCUT2D eigenvalue weighted by atomic mass is 10.2. The van der Waals surface area contributed by atoms with Crippen molar-refractivity contribution >= 4 is 17.4 Å². The van der Waals surface area contributed by atoms with Gasteiger partial charge in [-0.2, -0.15) is 5.10 Å². The third-order valence-corrected chi connectivity index (χ3v) is 5.84. The summed E-state index contributed by atoms with van der Waals surface area (Å²) in [4.78, 5) is 21.9. The molecule has 1 N–H and O–H groups in total. The standard InChI is InChI=1S/C23H27FN6O/c1-15-22(16(2)30(27-15)18-7-5-17(24)6-8-18)23(31)26-21-10-9-19(13-25-21)29-12-11-20(14-29)28(3)4/h5-10,13,20H,11-12,14H2,1-4H3,(H,25,26,31). The number of hydrogen-bond donors (Lipinski definition) is 1. The number of nitrogens with zero attached hydrogens (tertiary/aromatic N) is 5. The van der Waals surface area contributed by atoms with Crippen LogP contribution < -0.4 is 10.2 Å². The van der Waals surface area contributed by atoms with Crippen LogP contribution in [0, 0.1) is 19.7 Å². The summed E-state index contributed by atoms with van der Waals surface area (Å²) in [6.45, 7) is 5.58. The van der Waals surface area contributed by atoms with Crippen molar-refractivity contribution in [1.82, 2.24) is 19.7 Å². The number of anilines is 2. The van der Waals surface area contributed by atoms with Crippen LogP contribution in [0.15, 0.2) is 42.6 Å². The van der Waals surface area contributed by atoms with Crippen molar-refractivity contribution in [3.63, 3.8) is 0 Å². The molecule has 0 radical (unpaired) electrons. The predicted octanol–water partition coefficient (Wildman–Crippen LogP) is 3.42. The second-order valence-electron chi connectivity index (χ2n) is 8.14. The summed E-state index contributed by atoms with van der Waals surface area (Å²) < 4.78 is 14.9. The molecule has 1 unspecified atom stereocenters. The zero-order chi connectivity index (χ0) is 22.1. The van der Waals surface area contributed by atoms with Gasteiger partial charge in [-0.05, 0) is 70.8 Å². The number of carbonyl (C=O) groups excluding carboxylic acids is 1. The Morgan fingerprint density at radius 3 is 2.45 bits per heavy atom. The number of hydrogen-bond acceptors (Lipinski definition) is 5. The molecular formula is C23H27FN6O. The summed E-state index contributed by atoms with van der Waals surface area (Å²) >= 11 is 0. The van der Waals surface area contributed by atoms with Crippen LogP contribution in [0.25, 0.3) is 5.69 Å². The van der Waals surface area contributed by atoms with Crippen molar-refractivity contribution in [2.75, 3.05) is 37.4 Å². The Morgan fingerprint density at radius 1 is 1.13 bits per heavy atom. The molecule has 0 bridgehead atoms. The van der Waals surface area contributed by atoms with E-state index in [1.165, 1.54) is 12.1 Å². The van der Waals surface area contributed by atoms with E-state index in [9.17, 15) is 9.18 Å². The highest BCUT2D eigenvalue weighted by Crippen LogP contribution is 2.23. The van der Waals surface area contributed by atoms with E-state index in [4.69, 9.17) is 0 Å². The maximum absolute atomic E-state index is 13.2. The Bertz CT molecular complexity index is 1070. The number of amides is 1. The van der Waals surface area contributed by atoms with Gasteiger partial charge < -0.3 is 15.1 Å². The van der Waals surface area contributed by atoms with Crippen molar-refractivity contribution in [3.8, 4) is 5.69 Å². The molecule has 4 rings (SSSR count). The Labute approximate surface area is 181 Å². The first-order chi connectivity index (χ1) is 14.8. The number of halogens is 1. The first kappa shape index (κ1) is 21.0. The molecule has 1 aromatic carbocycles. The van der Waals surface area contributed by atoms with E-state index in [-0.39, 0.29) is 11.7 Å². The fourth-order valence-corrected chi connectivity index (χ4v) is 4.03. The quantitative estimate of drug-likeness (QED) is 0.683. The monoisotopic (exact) mass is 422 g/mol. The number of rotatable bonds is 5. The van der Waals surface area contributed by atoms with E-state index < -0.39 is 0 Å². The SMILES string of the molecule is Cc1nn(-c2ccc(F)cc2)c(C)c1C(=O)Nc1ccc(N2CCC(N(C)C)C2)cn1. The Morgan fingerprint density at radius 2 is 1.84 bits per heavy atom. The molecule has 3 heterocycles. The van der Waals surface area contributed by atoms with Crippen LogP contribution >= 0.6 is 0 Å². The predicted molar refractivity (Wildman–Crippen MR) is 119 cm³/mol. The van der Waals surface area contributed by atoms with Gasteiger partial charge in [-0.15, -0.1) is 0 Å². The molecule has 1 saturated heterocycles. The van der Waals surface area contributed by atoms with E-state index in [0.717, 1.165) is 25.2 Å². The topological polar surface area (TPSA) is 66.3 Å². The smallest absolute Gasteiger partial charge is 0.260 e. The minimum Gasteiger partial charge on any atom is -0.369 e. The summed E-state index contributed by atoms with van der Waals surface area (Å²) in [7, 11) is 4.21. The molecule has 1 aliphatic heterocycles. The lowest BCUT2D eigenvalue weighted by Gasteiger charge is -2.21. The van der Waals surface area contributed by atoms with Crippen LogP contribution in [0.3, 0.4) is 0 Å². The summed E-state index contributed by atoms with van der Waals surface area (Å²) in [6, 6.07) is 10.4. The highest BCUT2D eigenvalue weighted by atomic mass is 19.1. The number of likely N-dealkylation sites (N-methyl/N-ethyl adjacent to an activating group) is 1. The third-order valence-electron chi connectivity index (χ3n) is 5.84. The minimum atomic E-state index is -0.316. The number of pyridine rings is 1. The summed E-state index contributed by atoms with van der Waals surface area (Å²) in [5.41, 5.74) is 3.53. The molecule has 1 fully saturated rings. The number of benzene rings is 1. The van der Waals surface area contributed by atoms with Gasteiger partial charge in [-0.1, -0.05) is 0 Å². The van der Waals surface area contributed by atoms with E-state index in [1.807, 2.05) is 19.1 Å². The lowest BCUT2D eigenvalue weighted by Crippen LogP contribution is -2.31. The second-order valence-corrected chi connectivity index (χ2v) is 8.14. The van der Waals surface area contributed by atoms with E-state index in [1.54, 1.807) is 29.9 Å². The van der Waals surface area contributed by atoms with E-state index >= 15 is 0 Å². The minimum absolute atomic E-state index is 0.266. The number of nitrogens with one attached hydrogen (secondary N) is 1. The molecule has 7 nitrogen and oxygen atoms in total. The van der Waals surface area contributed by atoms with Gasteiger partial charge in [0.05, 0.1) is 34.5 Å². The maximum Gasteiger partial charge on any atom is 0.260 e. The van der Waals surface area contributed by atoms with Crippen LogP contribution in [-0.2, 0) is 0 Å². The van der Waals surface area contributed by atoms with Gasteiger partial charge in [0.15, 0.2) is 0 Å². The maximum atomic E-state index is 13.2. The van der Waals surface area contributed by atoms with Crippen LogP contribution in [0.2, 0.25) is 0 Å². The van der Waals surface area contributed by atoms with Crippen molar-refractivity contribution in [3.05, 3.63) is 65.4 Å². The Balaban J connectivity index is 1.48. The first-order valence-electron chi connectivity index (χ1n) is 10.3. The summed E-state index contributed by atoms with van der Waals surface area (Å²) in [6.07, 6.45) is 2.93. The Kier molecular flexibility index (Phi) is 5.73. The van der Waals surface area contributed by atoms with E-state index in [2.05, 4.69) is 39.3 Å². The molecule has 3 aromatic rings. The normalized spacial score (nSPS) is 16.2. The largest absolute Gasteiger partial charge is 0.369 e. The highest BCUT2D eigenvalue weighted by molar-refractivity contribution is 6.05. The average Bonchev–Trinajstić information content (AvgIpc) is 3.34. The zero-order valence-electron chi connectivity index (χ0n) is 18.3. The molecule has 0 spiro atoms. The van der Waals surface area contributed by atoms with Crippen molar-refractivity contribution < 1.29 is 9.18 Å². The number of carbonyl (C=O) groups is 1. The average molecular weight is 423 g/mol. The number of aromatic nitrogens is 3. The van der Waals surface area contributed by atoms with Crippen LogP contribution in [-0.4, -0.2) is 58.8 Å². The van der Waals surface area contributed by atoms with Gasteiger partial charge in [-0.25, -0.2) is 14.1 Å². The molecule has 1 aliphatic rings. The molecule has 1 amide bonds. The van der Waals surface area contributed by atoms with Gasteiger partial charge in [0, 0.05) is 19.1 Å². The van der Waals surface area contributed by atoms with Crippen molar-refractivity contribution in [2.45, 2.75) is 26.3 Å². The molecule has 8 heteroatoms. The van der Waals surface area contributed by atoms with E-state index in [0.29, 0.717) is 34.5 Å². The second kappa shape index (κ2) is 8.47. The van der Waals surface area contributed by atoms with Crippen molar-refractivity contribution in [1.29, 1.82) is 0 Å². The molecule has 0 aliphatic carbocycles. The molecular weight excluding hydrogens is 395 g/mol. The summed E-state index contributed by atoms with van der Waals surface area (Å²) in [5.74, 6) is -0.0909.